The second-order valence-corrected chi connectivity index (χ2v) is 10.3. The Labute approximate surface area is 249 Å². The van der Waals surface area contributed by atoms with Crippen LogP contribution in [0.2, 0.25) is 0 Å². The molecule has 42 heavy (non-hydrogen) atoms. The van der Waals surface area contributed by atoms with E-state index in [-0.39, 0.29) is 0 Å². The van der Waals surface area contributed by atoms with Crippen molar-refractivity contribution in [2.24, 2.45) is 0 Å². The molecule has 206 valence electrons. The molecule has 2 atom stereocenters. The lowest BCUT2D eigenvalue weighted by Gasteiger charge is -2.26. The molecule has 5 aromatic carbocycles. The predicted molar refractivity (Wildman–Crippen MR) is 171 cm³/mol. The summed E-state index contributed by atoms with van der Waals surface area (Å²) in [4.78, 5) is 0. The average Bonchev–Trinajstić information content (AvgIpc) is 3.07. The molecule has 0 aliphatic carbocycles. The highest BCUT2D eigenvalue weighted by Crippen LogP contribution is 2.33. The van der Waals surface area contributed by atoms with Crippen molar-refractivity contribution in [2.45, 2.75) is 37.9 Å². The molecule has 0 radical (unpaired) electrons. The SMILES string of the molecule is CCc1ccccc1C(O)(C#Cc1ccc(C#CC(O)(c2ccccc2)c2ccccc2CC)cc1)c1ccccc1. The van der Waals surface area contributed by atoms with Crippen LogP contribution in [-0.2, 0) is 24.0 Å². The van der Waals surface area contributed by atoms with Crippen LogP contribution in [0, 0.1) is 23.7 Å². The molecule has 0 bridgehead atoms. The smallest absolute Gasteiger partial charge is 0.177 e. The third kappa shape index (κ3) is 5.93. The molecule has 2 unspecified atom stereocenters. The Balaban J connectivity index is 1.50. The summed E-state index contributed by atoms with van der Waals surface area (Å²) in [6.45, 7) is 4.16. The summed E-state index contributed by atoms with van der Waals surface area (Å²) in [6.07, 6.45) is 1.58. The molecule has 5 aromatic rings. The second kappa shape index (κ2) is 12.8. The van der Waals surface area contributed by atoms with Crippen LogP contribution in [0.1, 0.15) is 58.4 Å². The molecule has 2 N–H and O–H groups in total. The van der Waals surface area contributed by atoms with Crippen LogP contribution in [-0.4, -0.2) is 10.2 Å². The van der Waals surface area contributed by atoms with Gasteiger partial charge in [0.25, 0.3) is 0 Å². The number of aryl methyl sites for hydroxylation is 2. The van der Waals surface area contributed by atoms with Gasteiger partial charge in [0.2, 0.25) is 0 Å². The zero-order valence-electron chi connectivity index (χ0n) is 24.0. The topological polar surface area (TPSA) is 40.5 Å². The van der Waals surface area contributed by atoms with Crippen molar-refractivity contribution >= 4 is 0 Å². The lowest BCUT2D eigenvalue weighted by atomic mass is 9.83. The van der Waals surface area contributed by atoms with Gasteiger partial charge in [-0.1, -0.05) is 147 Å². The fourth-order valence-corrected chi connectivity index (χ4v) is 5.27. The standard InChI is InChI=1S/C40H34O2/c1-3-33-15-11-13-21-37(33)39(41,35-17-7-5-8-18-35)29-27-31-23-25-32(26-24-31)28-30-40(42,36-19-9-6-10-20-36)38-22-14-12-16-34(38)4-2/h5-26,41-42H,3-4H2,1-2H3. The molecule has 2 heteroatoms. The highest BCUT2D eigenvalue weighted by Gasteiger charge is 2.32. The van der Waals surface area contributed by atoms with Crippen molar-refractivity contribution in [1.29, 1.82) is 0 Å². The van der Waals surface area contributed by atoms with Crippen molar-refractivity contribution in [3.05, 3.63) is 178 Å². The first kappa shape index (κ1) is 28.7. The predicted octanol–water partition coefficient (Wildman–Crippen LogP) is 7.39. The molecule has 0 heterocycles. The lowest BCUT2D eigenvalue weighted by molar-refractivity contribution is 0.144. The maximum atomic E-state index is 12.0. The van der Waals surface area contributed by atoms with E-state index in [1.54, 1.807) is 0 Å². The zero-order chi connectivity index (χ0) is 29.4. The Morgan fingerprint density at radius 2 is 0.786 bits per heavy atom. The third-order valence-electron chi connectivity index (χ3n) is 7.62. The van der Waals surface area contributed by atoms with Gasteiger partial charge in [-0.15, -0.1) is 0 Å². The van der Waals surface area contributed by atoms with Gasteiger partial charge >= 0.3 is 0 Å². The number of hydrogen-bond acceptors (Lipinski definition) is 2. The van der Waals surface area contributed by atoms with Crippen LogP contribution in [0.3, 0.4) is 0 Å². The van der Waals surface area contributed by atoms with Gasteiger partial charge in [-0.25, -0.2) is 0 Å². The van der Waals surface area contributed by atoms with E-state index < -0.39 is 11.2 Å². The highest BCUT2D eigenvalue weighted by molar-refractivity contribution is 5.53. The summed E-state index contributed by atoms with van der Waals surface area (Å²) < 4.78 is 0. The van der Waals surface area contributed by atoms with Crippen LogP contribution in [0.25, 0.3) is 0 Å². The van der Waals surface area contributed by atoms with Crippen LogP contribution >= 0.6 is 0 Å². The Morgan fingerprint density at radius 1 is 0.452 bits per heavy atom. The number of benzene rings is 5. The Hall–Kier alpha value is -4.86. The third-order valence-corrected chi connectivity index (χ3v) is 7.62. The molecule has 0 fully saturated rings. The average molecular weight is 547 g/mol. The van der Waals surface area contributed by atoms with Crippen LogP contribution < -0.4 is 0 Å². The minimum Gasteiger partial charge on any atom is -0.369 e. The van der Waals surface area contributed by atoms with Crippen molar-refractivity contribution in [1.82, 2.24) is 0 Å². The molecule has 0 saturated heterocycles. The van der Waals surface area contributed by atoms with E-state index >= 15 is 0 Å². The maximum absolute atomic E-state index is 12.0. The molecular formula is C40H34O2. The Kier molecular flexibility index (Phi) is 8.71. The van der Waals surface area contributed by atoms with Crippen LogP contribution in [0.5, 0.6) is 0 Å². The van der Waals surface area contributed by atoms with E-state index in [0.29, 0.717) is 0 Å². The van der Waals surface area contributed by atoms with Crippen molar-refractivity contribution in [3.8, 4) is 23.7 Å². The Morgan fingerprint density at radius 3 is 1.14 bits per heavy atom. The van der Waals surface area contributed by atoms with Gasteiger partial charge in [-0.2, -0.15) is 0 Å². The van der Waals surface area contributed by atoms with Gasteiger partial charge < -0.3 is 10.2 Å². The van der Waals surface area contributed by atoms with E-state index in [0.717, 1.165) is 57.3 Å². The fraction of sp³-hybridized carbons (Fsp3) is 0.150. The maximum Gasteiger partial charge on any atom is 0.177 e. The molecule has 0 aromatic heterocycles. The summed E-state index contributed by atoms with van der Waals surface area (Å²) >= 11 is 0. The first-order valence-electron chi connectivity index (χ1n) is 14.4. The molecule has 0 spiro atoms. The molecule has 0 aliphatic rings. The lowest BCUT2D eigenvalue weighted by Crippen LogP contribution is -2.27. The summed E-state index contributed by atoms with van der Waals surface area (Å²) in [5, 5.41) is 24.0. The van der Waals surface area contributed by atoms with E-state index in [1.807, 2.05) is 133 Å². The van der Waals surface area contributed by atoms with E-state index in [2.05, 4.69) is 37.5 Å². The first-order chi connectivity index (χ1) is 20.5. The quantitative estimate of drug-likeness (QED) is 0.218. The molecular weight excluding hydrogens is 512 g/mol. The molecule has 5 rings (SSSR count). The minimum absolute atomic E-state index is 0.730. The van der Waals surface area contributed by atoms with Crippen molar-refractivity contribution < 1.29 is 10.2 Å². The normalized spacial score (nSPS) is 13.4. The van der Waals surface area contributed by atoms with Crippen LogP contribution in [0.4, 0.5) is 0 Å². The van der Waals surface area contributed by atoms with E-state index in [1.165, 1.54) is 0 Å². The molecule has 0 aliphatic heterocycles. The molecule has 2 nitrogen and oxygen atoms in total. The summed E-state index contributed by atoms with van der Waals surface area (Å²) in [6, 6.07) is 42.6. The number of hydrogen-bond donors (Lipinski definition) is 2. The van der Waals surface area contributed by atoms with Gasteiger partial charge in [-0.3, -0.25) is 0 Å². The summed E-state index contributed by atoms with van der Waals surface area (Å²) in [7, 11) is 0. The number of rotatable bonds is 6. The van der Waals surface area contributed by atoms with Crippen LogP contribution in [0.15, 0.2) is 133 Å². The Bertz CT molecular complexity index is 1630. The van der Waals surface area contributed by atoms with Crippen molar-refractivity contribution in [2.75, 3.05) is 0 Å². The fourth-order valence-electron chi connectivity index (χ4n) is 5.27. The van der Waals surface area contributed by atoms with Crippen molar-refractivity contribution in [3.63, 3.8) is 0 Å². The molecule has 0 amide bonds. The van der Waals surface area contributed by atoms with E-state index in [9.17, 15) is 10.2 Å². The molecule has 0 saturated carbocycles. The number of aliphatic hydroxyl groups is 2. The van der Waals surface area contributed by atoms with Gasteiger partial charge in [0.15, 0.2) is 11.2 Å². The monoisotopic (exact) mass is 546 g/mol. The summed E-state index contributed by atoms with van der Waals surface area (Å²) in [5.74, 6) is 12.8. The van der Waals surface area contributed by atoms with Gasteiger partial charge in [-0.05, 0) is 48.2 Å². The van der Waals surface area contributed by atoms with Gasteiger partial charge in [0.05, 0.1) is 0 Å². The first-order valence-corrected chi connectivity index (χ1v) is 14.4. The summed E-state index contributed by atoms with van der Waals surface area (Å²) in [5.41, 5.74) is 3.77. The highest BCUT2D eigenvalue weighted by atomic mass is 16.3. The zero-order valence-corrected chi connectivity index (χ0v) is 24.0. The minimum atomic E-state index is -1.45. The van der Waals surface area contributed by atoms with Gasteiger partial charge in [0.1, 0.15) is 0 Å². The largest absolute Gasteiger partial charge is 0.369 e. The van der Waals surface area contributed by atoms with E-state index in [4.69, 9.17) is 0 Å². The second-order valence-electron chi connectivity index (χ2n) is 10.3. The van der Waals surface area contributed by atoms with Gasteiger partial charge in [0, 0.05) is 33.4 Å².